The Hall–Kier alpha value is -1.15. The number of ketones is 1. The lowest BCUT2D eigenvalue weighted by Gasteiger charge is -2.35. The number of nitrogens with one attached hydrogen (secondary N) is 1. The fourth-order valence-corrected chi connectivity index (χ4v) is 2.88. The highest BCUT2D eigenvalue weighted by molar-refractivity contribution is 5.99. The lowest BCUT2D eigenvalue weighted by molar-refractivity contribution is 0.0921. The molecular formula is C17H27NO. The van der Waals surface area contributed by atoms with Gasteiger partial charge in [-0.3, -0.25) is 4.79 Å². The van der Waals surface area contributed by atoms with Crippen LogP contribution in [0.3, 0.4) is 0 Å². The molecule has 106 valence electrons. The molecule has 19 heavy (non-hydrogen) atoms. The molecule has 0 fully saturated rings. The van der Waals surface area contributed by atoms with Crippen molar-refractivity contribution in [3.8, 4) is 0 Å². The number of benzene rings is 1. The fraction of sp³-hybridized carbons (Fsp3) is 0.588. The highest BCUT2D eigenvalue weighted by Gasteiger charge is 2.28. The third-order valence-corrected chi connectivity index (χ3v) is 3.03. The highest BCUT2D eigenvalue weighted by Crippen LogP contribution is 2.27. The van der Waals surface area contributed by atoms with Gasteiger partial charge in [0.2, 0.25) is 0 Å². The first-order valence-electron chi connectivity index (χ1n) is 6.98. The topological polar surface area (TPSA) is 29.1 Å². The van der Waals surface area contributed by atoms with Crippen molar-refractivity contribution >= 4 is 5.78 Å². The molecule has 0 bridgehead atoms. The Bertz CT molecular complexity index is 415. The van der Waals surface area contributed by atoms with Crippen LogP contribution < -0.4 is 5.32 Å². The summed E-state index contributed by atoms with van der Waals surface area (Å²) in [5.41, 5.74) is 0.961. The van der Waals surface area contributed by atoms with Gasteiger partial charge in [0.05, 0.1) is 6.04 Å². The summed E-state index contributed by atoms with van der Waals surface area (Å²) in [7, 11) is 0. The van der Waals surface area contributed by atoms with Gasteiger partial charge in [0.15, 0.2) is 5.78 Å². The first-order chi connectivity index (χ1) is 8.61. The zero-order chi connectivity index (χ0) is 14.7. The van der Waals surface area contributed by atoms with Crippen molar-refractivity contribution in [2.45, 2.75) is 59.5 Å². The molecule has 0 aromatic heterocycles. The van der Waals surface area contributed by atoms with E-state index in [4.69, 9.17) is 0 Å². The predicted octanol–water partition coefficient (Wildman–Crippen LogP) is 4.06. The third kappa shape index (κ3) is 5.56. The van der Waals surface area contributed by atoms with E-state index in [1.54, 1.807) is 0 Å². The second-order valence-corrected chi connectivity index (χ2v) is 7.22. The zero-order valence-electron chi connectivity index (χ0n) is 13.1. The molecule has 0 saturated heterocycles. The lowest BCUT2D eigenvalue weighted by atomic mass is 9.81. The van der Waals surface area contributed by atoms with Gasteiger partial charge in [0.25, 0.3) is 0 Å². The summed E-state index contributed by atoms with van der Waals surface area (Å²) < 4.78 is 0. The number of rotatable bonds is 5. The summed E-state index contributed by atoms with van der Waals surface area (Å²) in [6, 6.07) is 9.31. The van der Waals surface area contributed by atoms with Crippen LogP contribution in [0.25, 0.3) is 0 Å². The smallest absolute Gasteiger partial charge is 0.179 e. The molecular weight excluding hydrogens is 234 g/mol. The second kappa shape index (κ2) is 5.87. The Labute approximate surface area is 117 Å². The number of carbonyl (C=O) groups is 1. The van der Waals surface area contributed by atoms with E-state index < -0.39 is 0 Å². The van der Waals surface area contributed by atoms with Gasteiger partial charge < -0.3 is 5.32 Å². The molecule has 1 unspecified atom stereocenters. The van der Waals surface area contributed by atoms with Gasteiger partial charge in [0.1, 0.15) is 0 Å². The molecule has 1 aromatic rings. The molecule has 0 aliphatic heterocycles. The summed E-state index contributed by atoms with van der Waals surface area (Å²) in [4.78, 5) is 12.3. The minimum atomic E-state index is -0.167. The van der Waals surface area contributed by atoms with Gasteiger partial charge in [-0.05, 0) is 32.6 Å². The van der Waals surface area contributed by atoms with Crippen molar-refractivity contribution in [1.82, 2.24) is 5.32 Å². The summed E-state index contributed by atoms with van der Waals surface area (Å²) in [6.45, 7) is 12.9. The average Bonchev–Trinajstić information content (AvgIpc) is 2.25. The van der Waals surface area contributed by atoms with Crippen LogP contribution in [0.1, 0.15) is 58.3 Å². The molecule has 0 saturated carbocycles. The molecule has 2 nitrogen and oxygen atoms in total. The second-order valence-electron chi connectivity index (χ2n) is 7.22. The number of hydrogen-bond acceptors (Lipinski definition) is 2. The first kappa shape index (κ1) is 15.9. The van der Waals surface area contributed by atoms with E-state index in [9.17, 15) is 4.79 Å². The van der Waals surface area contributed by atoms with E-state index in [0.717, 1.165) is 12.0 Å². The van der Waals surface area contributed by atoms with Crippen LogP contribution in [0.5, 0.6) is 0 Å². The molecule has 0 aliphatic carbocycles. The van der Waals surface area contributed by atoms with Crippen LogP contribution >= 0.6 is 0 Å². The van der Waals surface area contributed by atoms with Crippen LogP contribution in [0.2, 0.25) is 0 Å². The minimum Gasteiger partial charge on any atom is -0.302 e. The summed E-state index contributed by atoms with van der Waals surface area (Å²) >= 11 is 0. The predicted molar refractivity (Wildman–Crippen MR) is 81.5 cm³/mol. The number of carbonyl (C=O) groups excluding carboxylic acids is 1. The maximum atomic E-state index is 12.3. The van der Waals surface area contributed by atoms with Crippen molar-refractivity contribution in [2.75, 3.05) is 0 Å². The fourth-order valence-electron chi connectivity index (χ4n) is 2.88. The van der Waals surface area contributed by atoms with E-state index in [0.29, 0.717) is 0 Å². The molecule has 1 rings (SSSR count). The van der Waals surface area contributed by atoms with Crippen LogP contribution in [0, 0.1) is 5.41 Å². The van der Waals surface area contributed by atoms with Crippen molar-refractivity contribution in [1.29, 1.82) is 0 Å². The van der Waals surface area contributed by atoms with Gasteiger partial charge >= 0.3 is 0 Å². The zero-order valence-corrected chi connectivity index (χ0v) is 13.1. The van der Waals surface area contributed by atoms with Gasteiger partial charge in [-0.15, -0.1) is 0 Å². The van der Waals surface area contributed by atoms with Gasteiger partial charge in [0, 0.05) is 11.1 Å². The molecule has 2 heteroatoms. The Balaban J connectivity index is 2.69. The third-order valence-electron chi connectivity index (χ3n) is 3.03. The van der Waals surface area contributed by atoms with E-state index in [1.165, 1.54) is 0 Å². The van der Waals surface area contributed by atoms with Crippen LogP contribution in [-0.2, 0) is 0 Å². The molecule has 1 aromatic carbocycles. The first-order valence-corrected chi connectivity index (χ1v) is 6.98. The SMILES string of the molecule is CC(NC(C)(C)CC(C)(C)C)C(=O)c1ccccc1. The van der Waals surface area contributed by atoms with E-state index in [2.05, 4.69) is 39.9 Å². The molecule has 1 N–H and O–H groups in total. The Morgan fingerprint density at radius 3 is 2.11 bits per heavy atom. The van der Waals surface area contributed by atoms with Gasteiger partial charge in [-0.1, -0.05) is 51.1 Å². The quantitative estimate of drug-likeness (QED) is 0.810. The summed E-state index contributed by atoms with van der Waals surface area (Å²) in [6.07, 6.45) is 1.02. The molecule has 0 aliphatic rings. The highest BCUT2D eigenvalue weighted by atomic mass is 16.1. The molecule has 1 atom stereocenters. The number of Topliss-reactive ketones (excluding diaryl/α,β-unsaturated/α-hetero) is 1. The monoisotopic (exact) mass is 261 g/mol. The Morgan fingerprint density at radius 2 is 1.63 bits per heavy atom. The Morgan fingerprint density at radius 1 is 1.11 bits per heavy atom. The Kier molecular flexibility index (Phi) is 4.92. The van der Waals surface area contributed by atoms with Crippen LogP contribution in [0.15, 0.2) is 30.3 Å². The molecule has 0 radical (unpaired) electrons. The lowest BCUT2D eigenvalue weighted by Crippen LogP contribution is -2.49. The molecule has 0 amide bonds. The van der Waals surface area contributed by atoms with Gasteiger partial charge in [-0.25, -0.2) is 0 Å². The van der Waals surface area contributed by atoms with Crippen molar-refractivity contribution < 1.29 is 4.79 Å². The minimum absolute atomic E-state index is 0.0535. The molecule has 0 heterocycles. The largest absolute Gasteiger partial charge is 0.302 e. The average molecular weight is 261 g/mol. The van der Waals surface area contributed by atoms with Crippen molar-refractivity contribution in [2.24, 2.45) is 5.41 Å². The van der Waals surface area contributed by atoms with E-state index in [-0.39, 0.29) is 22.8 Å². The van der Waals surface area contributed by atoms with E-state index in [1.807, 2.05) is 37.3 Å². The van der Waals surface area contributed by atoms with Crippen LogP contribution in [-0.4, -0.2) is 17.4 Å². The van der Waals surface area contributed by atoms with Crippen LogP contribution in [0.4, 0.5) is 0 Å². The van der Waals surface area contributed by atoms with Crippen molar-refractivity contribution in [3.63, 3.8) is 0 Å². The summed E-state index contributed by atoms with van der Waals surface area (Å²) in [5.74, 6) is 0.155. The van der Waals surface area contributed by atoms with Crippen molar-refractivity contribution in [3.05, 3.63) is 35.9 Å². The maximum absolute atomic E-state index is 12.3. The molecule has 0 spiro atoms. The maximum Gasteiger partial charge on any atom is 0.179 e. The normalized spacial score (nSPS) is 14.2. The van der Waals surface area contributed by atoms with Gasteiger partial charge in [-0.2, -0.15) is 0 Å². The summed E-state index contributed by atoms with van der Waals surface area (Å²) in [5, 5.41) is 3.46. The standard InChI is InChI=1S/C17H27NO/c1-13(15(19)14-10-8-7-9-11-14)18-17(5,6)12-16(2,3)4/h7-11,13,18H,12H2,1-6H3. The van der Waals surface area contributed by atoms with E-state index >= 15 is 0 Å². The number of hydrogen-bond donors (Lipinski definition) is 1.